The zero-order chi connectivity index (χ0) is 22.3. The third kappa shape index (κ3) is 5.81. The molecule has 3 fully saturated rings. The summed E-state index contributed by atoms with van der Waals surface area (Å²) in [5, 5.41) is 0. The minimum atomic E-state index is -0.0876. The van der Waals surface area contributed by atoms with E-state index in [1.54, 1.807) is 4.90 Å². The zero-order valence-corrected chi connectivity index (χ0v) is 18.9. The fourth-order valence-electron chi connectivity index (χ4n) is 5.09. The highest BCUT2D eigenvalue weighted by Crippen LogP contribution is 2.27. The summed E-state index contributed by atoms with van der Waals surface area (Å²) in [5.41, 5.74) is 0. The summed E-state index contributed by atoms with van der Waals surface area (Å²) in [6.07, 6.45) is 6.19. The number of rotatable bonds is 7. The van der Waals surface area contributed by atoms with Gasteiger partial charge in [-0.25, -0.2) is 0 Å². The monoisotopic (exact) mass is 441 g/mol. The Morgan fingerprint density at radius 2 is 1.69 bits per heavy atom. The summed E-state index contributed by atoms with van der Waals surface area (Å²) in [6.45, 7) is 4.08. The fraction of sp³-hybridized carbons (Fsp3) is 0.640. The SMILES string of the molecule is O=C1CCCN1CCC(=O)N1CC[C@H](Oc2ccccc2)[C@@H](CC(=O)N2CCCCC2)C1. The maximum absolute atomic E-state index is 13.0. The molecule has 7 heteroatoms. The molecule has 3 saturated heterocycles. The standard InChI is InChI=1S/C25H35N3O4/c29-23-10-7-15-27(23)17-12-24(30)28-16-11-22(32-21-8-3-1-4-9-21)20(19-28)18-25(31)26-13-5-2-6-14-26/h1,3-4,8-9,20,22H,2,5-7,10-19H2/t20-,22-/m0/s1. The van der Waals surface area contributed by atoms with Gasteiger partial charge in [0.1, 0.15) is 11.9 Å². The van der Waals surface area contributed by atoms with Crippen LogP contribution in [-0.2, 0) is 14.4 Å². The molecule has 1 aromatic carbocycles. The van der Waals surface area contributed by atoms with E-state index in [4.69, 9.17) is 4.74 Å². The van der Waals surface area contributed by atoms with Crippen LogP contribution in [0.1, 0.15) is 51.4 Å². The summed E-state index contributed by atoms with van der Waals surface area (Å²) in [6, 6.07) is 9.72. The lowest BCUT2D eigenvalue weighted by molar-refractivity contribution is -0.140. The molecule has 0 unspecified atom stereocenters. The van der Waals surface area contributed by atoms with Crippen LogP contribution in [0.4, 0.5) is 0 Å². The molecule has 3 aliphatic heterocycles. The van der Waals surface area contributed by atoms with Gasteiger partial charge >= 0.3 is 0 Å². The number of piperidine rings is 2. The zero-order valence-electron chi connectivity index (χ0n) is 18.9. The third-order valence-electron chi connectivity index (χ3n) is 6.96. The van der Waals surface area contributed by atoms with E-state index in [0.717, 1.165) is 44.6 Å². The van der Waals surface area contributed by atoms with Crippen LogP contribution in [-0.4, -0.2) is 77.8 Å². The largest absolute Gasteiger partial charge is 0.490 e. The first-order chi connectivity index (χ1) is 15.6. The molecule has 1 aromatic rings. The Kier molecular flexibility index (Phi) is 7.66. The van der Waals surface area contributed by atoms with Crippen molar-refractivity contribution in [3.8, 4) is 5.75 Å². The van der Waals surface area contributed by atoms with Crippen molar-refractivity contribution in [2.75, 3.05) is 39.3 Å². The van der Waals surface area contributed by atoms with Crippen molar-refractivity contribution in [3.05, 3.63) is 30.3 Å². The number of carbonyl (C=O) groups excluding carboxylic acids is 3. The maximum atomic E-state index is 13.0. The minimum absolute atomic E-state index is 0.0317. The van der Waals surface area contributed by atoms with Crippen LogP contribution < -0.4 is 4.74 Å². The van der Waals surface area contributed by atoms with Crippen molar-refractivity contribution in [2.24, 2.45) is 5.92 Å². The van der Waals surface area contributed by atoms with Gasteiger partial charge in [-0.3, -0.25) is 14.4 Å². The Hall–Kier alpha value is -2.57. The van der Waals surface area contributed by atoms with Crippen molar-refractivity contribution < 1.29 is 19.1 Å². The summed E-state index contributed by atoms with van der Waals surface area (Å²) in [7, 11) is 0. The van der Waals surface area contributed by atoms with E-state index in [0.29, 0.717) is 45.3 Å². The second-order valence-corrected chi connectivity index (χ2v) is 9.24. The van der Waals surface area contributed by atoms with Crippen LogP contribution in [0.5, 0.6) is 5.75 Å². The molecule has 0 radical (unpaired) electrons. The van der Waals surface area contributed by atoms with Crippen molar-refractivity contribution in [1.82, 2.24) is 14.7 Å². The van der Waals surface area contributed by atoms with Gasteiger partial charge in [0.2, 0.25) is 17.7 Å². The van der Waals surface area contributed by atoms with E-state index < -0.39 is 0 Å². The highest BCUT2D eigenvalue weighted by molar-refractivity contribution is 5.80. The molecule has 3 heterocycles. The average molecular weight is 442 g/mol. The van der Waals surface area contributed by atoms with Crippen LogP contribution in [0.25, 0.3) is 0 Å². The fourth-order valence-corrected chi connectivity index (χ4v) is 5.09. The maximum Gasteiger partial charge on any atom is 0.224 e. The Balaban J connectivity index is 1.38. The molecule has 0 bridgehead atoms. The summed E-state index contributed by atoms with van der Waals surface area (Å²) >= 11 is 0. The van der Waals surface area contributed by atoms with Gasteiger partial charge in [-0.1, -0.05) is 18.2 Å². The molecule has 0 spiro atoms. The number of amides is 3. The Bertz CT molecular complexity index is 794. The lowest BCUT2D eigenvalue weighted by atomic mass is 9.90. The van der Waals surface area contributed by atoms with Crippen LogP contribution in [0.15, 0.2) is 30.3 Å². The number of para-hydroxylation sites is 1. The Labute approximate surface area is 190 Å². The van der Waals surface area contributed by atoms with Gasteiger partial charge in [0, 0.05) is 70.9 Å². The molecule has 4 rings (SSSR count). The second-order valence-electron chi connectivity index (χ2n) is 9.24. The molecule has 32 heavy (non-hydrogen) atoms. The predicted octanol–water partition coefficient (Wildman–Crippen LogP) is 2.70. The van der Waals surface area contributed by atoms with E-state index in [2.05, 4.69) is 0 Å². The second kappa shape index (κ2) is 10.8. The number of ether oxygens (including phenoxy) is 1. The molecule has 174 valence electrons. The van der Waals surface area contributed by atoms with Gasteiger partial charge in [0.05, 0.1) is 0 Å². The summed E-state index contributed by atoms with van der Waals surface area (Å²) < 4.78 is 6.28. The molecule has 2 atom stereocenters. The first-order valence-electron chi connectivity index (χ1n) is 12.1. The van der Waals surface area contributed by atoms with E-state index in [1.807, 2.05) is 40.1 Å². The van der Waals surface area contributed by atoms with Gasteiger partial charge in [-0.15, -0.1) is 0 Å². The van der Waals surface area contributed by atoms with Crippen LogP contribution in [0.3, 0.4) is 0 Å². The third-order valence-corrected chi connectivity index (χ3v) is 6.96. The average Bonchev–Trinajstić information content (AvgIpc) is 3.24. The first kappa shape index (κ1) is 22.6. The number of carbonyl (C=O) groups is 3. The molecule has 0 aliphatic carbocycles. The quantitative estimate of drug-likeness (QED) is 0.652. The smallest absolute Gasteiger partial charge is 0.224 e. The molecule has 0 saturated carbocycles. The summed E-state index contributed by atoms with van der Waals surface area (Å²) in [5.74, 6) is 1.17. The molecule has 0 aromatic heterocycles. The van der Waals surface area contributed by atoms with Crippen LogP contribution >= 0.6 is 0 Å². The number of likely N-dealkylation sites (tertiary alicyclic amines) is 3. The Morgan fingerprint density at radius 3 is 2.41 bits per heavy atom. The normalized spacial score (nSPS) is 24.0. The lowest BCUT2D eigenvalue weighted by Crippen LogP contribution is -2.50. The topological polar surface area (TPSA) is 70.2 Å². The molecule has 3 amide bonds. The molecule has 0 N–H and O–H groups in total. The first-order valence-corrected chi connectivity index (χ1v) is 12.1. The van der Waals surface area contributed by atoms with Crippen molar-refractivity contribution >= 4 is 17.7 Å². The molecule has 3 aliphatic rings. The van der Waals surface area contributed by atoms with Gasteiger partial charge in [-0.05, 0) is 37.8 Å². The number of benzene rings is 1. The molecular weight excluding hydrogens is 406 g/mol. The van der Waals surface area contributed by atoms with Crippen molar-refractivity contribution in [3.63, 3.8) is 0 Å². The van der Waals surface area contributed by atoms with Crippen molar-refractivity contribution in [1.29, 1.82) is 0 Å². The highest BCUT2D eigenvalue weighted by Gasteiger charge is 2.35. The minimum Gasteiger partial charge on any atom is -0.490 e. The molecular formula is C25H35N3O4. The highest BCUT2D eigenvalue weighted by atomic mass is 16.5. The van der Waals surface area contributed by atoms with E-state index >= 15 is 0 Å². The van der Waals surface area contributed by atoms with E-state index in [9.17, 15) is 14.4 Å². The number of nitrogens with zero attached hydrogens (tertiary/aromatic N) is 3. The molecule has 7 nitrogen and oxygen atoms in total. The lowest BCUT2D eigenvalue weighted by Gasteiger charge is -2.39. The van der Waals surface area contributed by atoms with Gasteiger partial charge < -0.3 is 19.4 Å². The van der Waals surface area contributed by atoms with Gasteiger partial charge in [0.15, 0.2) is 0 Å². The van der Waals surface area contributed by atoms with Crippen LogP contribution in [0.2, 0.25) is 0 Å². The van der Waals surface area contributed by atoms with Crippen molar-refractivity contribution in [2.45, 2.75) is 57.5 Å². The summed E-state index contributed by atoms with van der Waals surface area (Å²) in [4.78, 5) is 43.4. The van der Waals surface area contributed by atoms with E-state index in [-0.39, 0.29) is 29.7 Å². The Morgan fingerprint density at radius 1 is 0.906 bits per heavy atom. The van der Waals surface area contributed by atoms with E-state index in [1.165, 1.54) is 6.42 Å². The van der Waals surface area contributed by atoms with Crippen LogP contribution in [0, 0.1) is 5.92 Å². The predicted molar refractivity (Wildman–Crippen MR) is 121 cm³/mol. The number of hydrogen-bond acceptors (Lipinski definition) is 4. The van der Waals surface area contributed by atoms with Gasteiger partial charge in [-0.2, -0.15) is 0 Å². The van der Waals surface area contributed by atoms with Gasteiger partial charge in [0.25, 0.3) is 0 Å². The number of hydrogen-bond donors (Lipinski definition) is 0.